The van der Waals surface area contributed by atoms with E-state index in [1.807, 2.05) is 30.3 Å². The van der Waals surface area contributed by atoms with Gasteiger partial charge < -0.3 is 15.2 Å². The van der Waals surface area contributed by atoms with E-state index in [0.717, 1.165) is 10.9 Å². The summed E-state index contributed by atoms with van der Waals surface area (Å²) in [6.07, 6.45) is 0. The lowest BCUT2D eigenvalue weighted by Crippen LogP contribution is -2.03. The van der Waals surface area contributed by atoms with Gasteiger partial charge in [0, 0.05) is 27.6 Å². The summed E-state index contributed by atoms with van der Waals surface area (Å²) < 4.78 is 5.21. The van der Waals surface area contributed by atoms with Crippen LogP contribution in [0.5, 0.6) is 0 Å². The number of ketones is 1. The van der Waals surface area contributed by atoms with Crippen LogP contribution in [0.15, 0.2) is 59.1 Å². The molecular formula is C18H12ClN3O2. The molecule has 6 heteroatoms. The summed E-state index contributed by atoms with van der Waals surface area (Å²) in [6, 6.07) is 16.3. The first-order chi connectivity index (χ1) is 11.6. The van der Waals surface area contributed by atoms with Crippen molar-refractivity contribution in [2.24, 2.45) is 0 Å². The molecule has 2 heterocycles. The highest BCUT2D eigenvalue weighted by atomic mass is 35.5. The second-order valence-electron chi connectivity index (χ2n) is 5.38. The van der Waals surface area contributed by atoms with Crippen molar-refractivity contribution in [1.82, 2.24) is 10.1 Å². The molecule has 0 amide bonds. The largest absolute Gasteiger partial charge is 0.396 e. The van der Waals surface area contributed by atoms with Crippen molar-refractivity contribution in [3.05, 3.63) is 71.1 Å². The standard InChI is InChI=1S/C18H12ClN3O2/c19-11-6-7-12-14(8-11)21-17(16(12)20)18(23)15-9-13(22-24-15)10-4-2-1-3-5-10/h1-9,21H,20H2. The molecule has 0 aliphatic carbocycles. The van der Waals surface area contributed by atoms with E-state index in [2.05, 4.69) is 10.1 Å². The molecule has 0 fully saturated rings. The third-order valence-electron chi connectivity index (χ3n) is 3.83. The van der Waals surface area contributed by atoms with Gasteiger partial charge in [0.1, 0.15) is 11.4 Å². The van der Waals surface area contributed by atoms with Crippen molar-refractivity contribution >= 4 is 34.0 Å². The van der Waals surface area contributed by atoms with Crippen LogP contribution in [-0.4, -0.2) is 15.9 Å². The number of nitrogens with two attached hydrogens (primary N) is 1. The molecule has 0 saturated carbocycles. The third kappa shape index (κ3) is 2.35. The number of nitrogens with one attached hydrogen (secondary N) is 1. The first-order valence-corrected chi connectivity index (χ1v) is 7.65. The molecule has 0 bridgehead atoms. The van der Waals surface area contributed by atoms with Crippen LogP contribution in [0.25, 0.3) is 22.2 Å². The third-order valence-corrected chi connectivity index (χ3v) is 4.07. The minimum absolute atomic E-state index is 0.123. The fraction of sp³-hybridized carbons (Fsp3) is 0. The Morgan fingerprint density at radius 3 is 2.71 bits per heavy atom. The second-order valence-corrected chi connectivity index (χ2v) is 5.81. The first kappa shape index (κ1) is 14.5. The molecule has 4 aromatic rings. The highest BCUT2D eigenvalue weighted by molar-refractivity contribution is 6.31. The SMILES string of the molecule is Nc1c(C(=O)c2cc(-c3ccccc3)no2)[nH]c2cc(Cl)ccc12. The average Bonchev–Trinajstić information content (AvgIpc) is 3.20. The van der Waals surface area contributed by atoms with Gasteiger partial charge in [-0.1, -0.05) is 47.1 Å². The van der Waals surface area contributed by atoms with E-state index in [9.17, 15) is 4.79 Å². The zero-order chi connectivity index (χ0) is 16.7. The number of nitrogen functional groups attached to an aromatic ring is 1. The normalized spacial score (nSPS) is 11.0. The Bertz CT molecular complexity index is 1050. The number of carbonyl (C=O) groups is 1. The van der Waals surface area contributed by atoms with E-state index in [-0.39, 0.29) is 17.2 Å². The van der Waals surface area contributed by atoms with E-state index in [4.69, 9.17) is 21.9 Å². The summed E-state index contributed by atoms with van der Waals surface area (Å²) in [5.41, 5.74) is 8.89. The molecule has 118 valence electrons. The quantitative estimate of drug-likeness (QED) is 0.546. The Kier molecular flexibility index (Phi) is 3.36. The molecule has 0 spiro atoms. The van der Waals surface area contributed by atoms with Crippen molar-refractivity contribution in [2.45, 2.75) is 0 Å². The van der Waals surface area contributed by atoms with Crippen molar-refractivity contribution in [3.8, 4) is 11.3 Å². The topological polar surface area (TPSA) is 84.9 Å². The first-order valence-electron chi connectivity index (χ1n) is 7.27. The smallest absolute Gasteiger partial charge is 0.249 e. The summed E-state index contributed by atoms with van der Waals surface area (Å²) in [6.45, 7) is 0. The number of aromatic amines is 1. The predicted molar refractivity (Wildman–Crippen MR) is 93.1 cm³/mol. The molecule has 3 N–H and O–H groups in total. The van der Waals surface area contributed by atoms with Crippen LogP contribution in [0.1, 0.15) is 16.2 Å². The summed E-state index contributed by atoms with van der Waals surface area (Å²) >= 11 is 5.97. The molecule has 0 saturated heterocycles. The lowest BCUT2D eigenvalue weighted by atomic mass is 10.1. The summed E-state index contributed by atoms with van der Waals surface area (Å²) in [7, 11) is 0. The molecule has 0 atom stereocenters. The summed E-state index contributed by atoms with van der Waals surface area (Å²) in [5, 5.41) is 5.26. The maximum atomic E-state index is 12.7. The Labute approximate surface area is 142 Å². The highest BCUT2D eigenvalue weighted by Crippen LogP contribution is 2.29. The lowest BCUT2D eigenvalue weighted by Gasteiger charge is -1.95. The van der Waals surface area contributed by atoms with Crippen LogP contribution >= 0.6 is 11.6 Å². The number of nitrogens with zero attached hydrogens (tertiary/aromatic N) is 1. The van der Waals surface area contributed by atoms with Gasteiger partial charge in [0.05, 0.1) is 5.69 Å². The van der Waals surface area contributed by atoms with Crippen molar-refractivity contribution in [3.63, 3.8) is 0 Å². The summed E-state index contributed by atoms with van der Waals surface area (Å²) in [4.78, 5) is 15.7. The molecule has 0 aliphatic heterocycles. The lowest BCUT2D eigenvalue weighted by molar-refractivity contribution is 0.0997. The number of hydrogen-bond acceptors (Lipinski definition) is 4. The second kappa shape index (κ2) is 5.54. The fourth-order valence-corrected chi connectivity index (χ4v) is 2.79. The number of H-pyrrole nitrogens is 1. The number of fused-ring (bicyclic) bond motifs is 1. The molecule has 2 aromatic heterocycles. The van der Waals surface area contributed by atoms with Crippen LogP contribution in [0.2, 0.25) is 5.02 Å². The molecule has 0 radical (unpaired) electrons. The van der Waals surface area contributed by atoms with E-state index >= 15 is 0 Å². The highest BCUT2D eigenvalue weighted by Gasteiger charge is 2.21. The van der Waals surface area contributed by atoms with Crippen LogP contribution in [0, 0.1) is 0 Å². The van der Waals surface area contributed by atoms with Gasteiger partial charge in [-0.15, -0.1) is 0 Å². The van der Waals surface area contributed by atoms with Gasteiger partial charge in [0.25, 0.3) is 0 Å². The van der Waals surface area contributed by atoms with Crippen LogP contribution in [0.4, 0.5) is 5.69 Å². The minimum atomic E-state index is -0.352. The van der Waals surface area contributed by atoms with Crippen LogP contribution in [-0.2, 0) is 0 Å². The van der Waals surface area contributed by atoms with Crippen LogP contribution < -0.4 is 5.73 Å². The number of rotatable bonds is 3. The van der Waals surface area contributed by atoms with Gasteiger partial charge >= 0.3 is 0 Å². The maximum Gasteiger partial charge on any atom is 0.249 e. The zero-order valence-electron chi connectivity index (χ0n) is 12.4. The van der Waals surface area contributed by atoms with E-state index in [0.29, 0.717) is 21.9 Å². The number of aromatic nitrogens is 2. The molecular weight excluding hydrogens is 326 g/mol. The number of hydrogen-bond donors (Lipinski definition) is 2. The van der Waals surface area contributed by atoms with Gasteiger partial charge in [-0.05, 0) is 18.2 Å². The van der Waals surface area contributed by atoms with Gasteiger partial charge in [-0.25, -0.2) is 0 Å². The molecule has 2 aromatic carbocycles. The van der Waals surface area contributed by atoms with Crippen molar-refractivity contribution < 1.29 is 9.32 Å². The molecule has 24 heavy (non-hydrogen) atoms. The Morgan fingerprint density at radius 2 is 1.92 bits per heavy atom. The fourth-order valence-electron chi connectivity index (χ4n) is 2.62. The Morgan fingerprint density at radius 1 is 1.12 bits per heavy atom. The molecule has 5 nitrogen and oxygen atoms in total. The number of anilines is 1. The van der Waals surface area contributed by atoms with Gasteiger partial charge in [0.2, 0.25) is 11.5 Å². The monoisotopic (exact) mass is 337 g/mol. The van der Waals surface area contributed by atoms with E-state index in [1.54, 1.807) is 24.3 Å². The molecule has 0 unspecified atom stereocenters. The molecule has 4 rings (SSSR count). The van der Waals surface area contributed by atoms with E-state index in [1.165, 1.54) is 0 Å². The number of halogens is 1. The number of benzene rings is 2. The van der Waals surface area contributed by atoms with Crippen LogP contribution in [0.3, 0.4) is 0 Å². The minimum Gasteiger partial charge on any atom is -0.396 e. The van der Waals surface area contributed by atoms with Crippen molar-refractivity contribution in [2.75, 3.05) is 5.73 Å². The maximum absolute atomic E-state index is 12.7. The zero-order valence-corrected chi connectivity index (χ0v) is 13.2. The van der Waals surface area contributed by atoms with Gasteiger partial charge in [0.15, 0.2) is 0 Å². The van der Waals surface area contributed by atoms with Crippen molar-refractivity contribution in [1.29, 1.82) is 0 Å². The number of carbonyl (C=O) groups excluding carboxylic acids is 1. The Hall–Kier alpha value is -3.05. The predicted octanol–water partition coefficient (Wildman–Crippen LogP) is 4.29. The molecule has 0 aliphatic rings. The van der Waals surface area contributed by atoms with E-state index < -0.39 is 0 Å². The van der Waals surface area contributed by atoms with Gasteiger partial charge in [-0.2, -0.15) is 0 Å². The summed E-state index contributed by atoms with van der Waals surface area (Å²) in [5.74, 6) is -0.229. The average molecular weight is 338 g/mol. The van der Waals surface area contributed by atoms with Gasteiger partial charge in [-0.3, -0.25) is 4.79 Å². The Balaban J connectivity index is 1.74.